The first-order chi connectivity index (χ1) is 16.3. The molecule has 1 aromatic carbocycles. The van der Waals surface area contributed by atoms with Gasteiger partial charge in [-0.15, -0.1) is 0 Å². The summed E-state index contributed by atoms with van der Waals surface area (Å²) in [5.74, 6) is 0.684. The Labute approximate surface area is 200 Å². The molecule has 4 rings (SSSR count). The number of sulfonamides is 1. The summed E-state index contributed by atoms with van der Waals surface area (Å²) < 4.78 is 34.3. The van der Waals surface area contributed by atoms with Gasteiger partial charge in [-0.1, -0.05) is 42.7 Å². The zero-order valence-corrected chi connectivity index (χ0v) is 20.5. The lowest BCUT2D eigenvalue weighted by molar-refractivity contribution is 0.0964. The van der Waals surface area contributed by atoms with Crippen molar-refractivity contribution in [2.24, 2.45) is 5.73 Å². The number of fused-ring (bicyclic) bond motifs is 1. The predicted molar refractivity (Wildman–Crippen MR) is 134 cm³/mol. The molecule has 2 heterocycles. The Morgan fingerprint density at radius 2 is 1.85 bits per heavy atom. The molecule has 1 aliphatic carbocycles. The van der Waals surface area contributed by atoms with Gasteiger partial charge in [0, 0.05) is 12.6 Å². The number of amides is 1. The number of furan rings is 1. The molecule has 0 aliphatic heterocycles. The fraction of sp³-hybridized carbons (Fsp3) is 0.440. The van der Waals surface area contributed by atoms with E-state index < -0.39 is 10.0 Å². The molecule has 0 spiro atoms. The summed E-state index contributed by atoms with van der Waals surface area (Å²) in [6, 6.07) is 9.56. The van der Waals surface area contributed by atoms with Crippen LogP contribution in [0.3, 0.4) is 0 Å². The number of rotatable bonds is 11. The van der Waals surface area contributed by atoms with Crippen molar-refractivity contribution in [3.63, 3.8) is 0 Å². The van der Waals surface area contributed by atoms with Crippen LogP contribution in [0, 0.1) is 6.92 Å². The lowest BCUT2D eigenvalue weighted by atomic mass is 10.0. The lowest BCUT2D eigenvalue weighted by Gasteiger charge is -2.11. The van der Waals surface area contributed by atoms with E-state index in [1.54, 1.807) is 7.05 Å². The summed E-state index contributed by atoms with van der Waals surface area (Å²) in [6.07, 6.45) is 5.11. The third-order valence-corrected chi connectivity index (χ3v) is 7.45. The van der Waals surface area contributed by atoms with Crippen molar-refractivity contribution in [3.05, 3.63) is 47.0 Å². The number of anilines is 1. The van der Waals surface area contributed by atoms with Crippen molar-refractivity contribution in [2.45, 2.75) is 51.4 Å². The molecule has 34 heavy (non-hydrogen) atoms. The quantitative estimate of drug-likeness (QED) is 0.348. The van der Waals surface area contributed by atoms with E-state index in [-0.39, 0.29) is 23.3 Å². The molecule has 2 aromatic heterocycles. The van der Waals surface area contributed by atoms with Crippen LogP contribution in [0.15, 0.2) is 34.7 Å². The molecule has 1 amide bonds. The van der Waals surface area contributed by atoms with Gasteiger partial charge in [-0.3, -0.25) is 9.52 Å². The average Bonchev–Trinajstić information content (AvgIpc) is 3.59. The number of hydrogen-bond donors (Lipinski definition) is 3. The molecule has 182 valence electrons. The normalized spacial score (nSPS) is 13.9. The second kappa shape index (κ2) is 10.1. The highest BCUT2D eigenvalue weighted by Gasteiger charge is 2.31. The molecule has 1 fully saturated rings. The van der Waals surface area contributed by atoms with Crippen molar-refractivity contribution in [2.75, 3.05) is 24.1 Å². The van der Waals surface area contributed by atoms with E-state index in [4.69, 9.17) is 10.2 Å². The number of carbonyl (C=O) groups excluding carboxylic acids is 1. The van der Waals surface area contributed by atoms with E-state index in [1.807, 2.05) is 37.3 Å². The molecule has 1 aliphatic rings. The lowest BCUT2D eigenvalue weighted by Crippen LogP contribution is -2.19. The second-order valence-corrected chi connectivity index (χ2v) is 10.8. The van der Waals surface area contributed by atoms with Crippen molar-refractivity contribution >= 4 is 32.8 Å². The van der Waals surface area contributed by atoms with Gasteiger partial charge in [0.15, 0.2) is 0 Å². The minimum Gasteiger partial charge on any atom is -0.437 e. The Morgan fingerprint density at radius 3 is 2.50 bits per heavy atom. The molecule has 4 N–H and O–H groups in total. The van der Waals surface area contributed by atoms with Gasteiger partial charge < -0.3 is 15.5 Å². The van der Waals surface area contributed by atoms with Crippen LogP contribution in [0.5, 0.6) is 0 Å². The number of nitrogens with zero attached hydrogens (tertiary/aromatic N) is 1. The summed E-state index contributed by atoms with van der Waals surface area (Å²) >= 11 is 0. The Hall–Kier alpha value is -2.91. The van der Waals surface area contributed by atoms with Gasteiger partial charge in [0.05, 0.1) is 16.7 Å². The molecule has 0 radical (unpaired) electrons. The molecule has 0 saturated heterocycles. The Morgan fingerprint density at radius 1 is 1.15 bits per heavy atom. The highest BCUT2D eigenvalue weighted by atomic mass is 32.2. The van der Waals surface area contributed by atoms with Crippen LogP contribution in [0.25, 0.3) is 22.4 Å². The maximum Gasteiger partial charge on any atom is 0.255 e. The van der Waals surface area contributed by atoms with Gasteiger partial charge in [-0.2, -0.15) is 4.98 Å². The Bertz CT molecular complexity index is 1280. The minimum absolute atomic E-state index is 0.0255. The largest absolute Gasteiger partial charge is 0.437 e. The predicted octanol–water partition coefficient (Wildman–Crippen LogP) is 4.30. The smallest absolute Gasteiger partial charge is 0.255 e. The van der Waals surface area contributed by atoms with Crippen LogP contribution in [0.2, 0.25) is 0 Å². The highest BCUT2D eigenvalue weighted by Crippen LogP contribution is 2.45. The molecular weight excluding hydrogens is 452 g/mol. The highest BCUT2D eigenvalue weighted by molar-refractivity contribution is 7.92. The van der Waals surface area contributed by atoms with Gasteiger partial charge in [-0.25, -0.2) is 8.42 Å². The summed E-state index contributed by atoms with van der Waals surface area (Å²) in [5, 5.41) is 3.27. The molecule has 8 nitrogen and oxygen atoms in total. The van der Waals surface area contributed by atoms with Crippen molar-refractivity contribution in [1.29, 1.82) is 0 Å². The number of aryl methyl sites for hydroxylation is 1. The number of nitrogens with two attached hydrogens (primary N) is 1. The van der Waals surface area contributed by atoms with Crippen LogP contribution in [-0.4, -0.2) is 38.7 Å². The number of aromatic nitrogens is 1. The summed E-state index contributed by atoms with van der Waals surface area (Å²) in [5.41, 5.74) is 8.81. The molecule has 0 atom stereocenters. The summed E-state index contributed by atoms with van der Waals surface area (Å²) in [7, 11) is -1.99. The second-order valence-electron chi connectivity index (χ2n) is 8.93. The van der Waals surface area contributed by atoms with E-state index >= 15 is 0 Å². The number of nitrogens with one attached hydrogen (secondary N) is 2. The number of carbonyl (C=O) groups is 1. The third-order valence-electron chi connectivity index (χ3n) is 6.12. The van der Waals surface area contributed by atoms with Crippen molar-refractivity contribution < 1.29 is 17.6 Å². The van der Waals surface area contributed by atoms with E-state index in [9.17, 15) is 13.2 Å². The molecule has 0 bridgehead atoms. The van der Waals surface area contributed by atoms with Crippen LogP contribution in [0.1, 0.15) is 65.9 Å². The first-order valence-electron chi connectivity index (χ1n) is 11.8. The molecule has 0 unspecified atom stereocenters. The maximum absolute atomic E-state index is 12.8. The minimum atomic E-state index is -3.56. The van der Waals surface area contributed by atoms with E-state index in [0.717, 1.165) is 48.8 Å². The molecule has 9 heteroatoms. The topological polar surface area (TPSA) is 127 Å². The number of unbranched alkanes of at least 4 members (excludes halogenated alkanes) is 3. The first kappa shape index (κ1) is 24.2. The Kier molecular flexibility index (Phi) is 7.23. The van der Waals surface area contributed by atoms with Gasteiger partial charge in [0.25, 0.3) is 5.91 Å². The van der Waals surface area contributed by atoms with E-state index in [1.165, 1.54) is 0 Å². The Balaban J connectivity index is 1.72. The number of hydrogen-bond acceptors (Lipinski definition) is 6. The maximum atomic E-state index is 12.8. The average molecular weight is 485 g/mol. The SMILES string of the molecule is CNC(=O)c1c(-c2ccc(C)cc2)oc2nc(NS(=O)(=O)CCCCCCN)c(C3CC3)cc12. The zero-order chi connectivity index (χ0) is 24.3. The van der Waals surface area contributed by atoms with Gasteiger partial charge in [0.1, 0.15) is 11.6 Å². The van der Waals surface area contributed by atoms with Gasteiger partial charge >= 0.3 is 0 Å². The first-order valence-corrected chi connectivity index (χ1v) is 13.5. The number of pyridine rings is 1. The van der Waals surface area contributed by atoms with Crippen LogP contribution in [0.4, 0.5) is 5.82 Å². The monoisotopic (exact) mass is 484 g/mol. The molecule has 3 aromatic rings. The van der Waals surface area contributed by atoms with Gasteiger partial charge in [0.2, 0.25) is 15.7 Å². The van der Waals surface area contributed by atoms with E-state index in [0.29, 0.717) is 35.5 Å². The standard InChI is InChI=1S/C25H32N4O4S/c1-16-7-9-18(10-8-16)22-21(24(30)27-2)20-15-19(17-11-12-17)23(28-25(20)33-22)29-34(31,32)14-6-4-3-5-13-26/h7-10,15,17H,3-6,11-14,26H2,1-2H3,(H,27,30)(H,28,29). The summed E-state index contributed by atoms with van der Waals surface area (Å²) in [6.45, 7) is 2.60. The van der Waals surface area contributed by atoms with E-state index in [2.05, 4.69) is 15.0 Å². The van der Waals surface area contributed by atoms with Gasteiger partial charge in [-0.05, 0) is 56.7 Å². The third kappa shape index (κ3) is 5.42. The molecule has 1 saturated carbocycles. The fourth-order valence-electron chi connectivity index (χ4n) is 4.07. The van der Waals surface area contributed by atoms with Crippen LogP contribution >= 0.6 is 0 Å². The van der Waals surface area contributed by atoms with Crippen LogP contribution < -0.4 is 15.8 Å². The van der Waals surface area contributed by atoms with Crippen LogP contribution in [-0.2, 0) is 10.0 Å². The molecular formula is C25H32N4O4S. The zero-order valence-electron chi connectivity index (χ0n) is 19.7. The fourth-order valence-corrected chi connectivity index (χ4v) is 5.22. The summed E-state index contributed by atoms with van der Waals surface area (Å²) in [4.78, 5) is 17.4. The number of benzene rings is 1. The van der Waals surface area contributed by atoms with Crippen molar-refractivity contribution in [1.82, 2.24) is 10.3 Å². The van der Waals surface area contributed by atoms with Crippen molar-refractivity contribution in [3.8, 4) is 11.3 Å².